The van der Waals surface area contributed by atoms with E-state index in [1.54, 1.807) is 12.1 Å². The molecule has 2 rings (SSSR count). The molecule has 4 N–H and O–H groups in total. The molecule has 0 fully saturated rings. The average Bonchev–Trinajstić information content (AvgIpc) is 2.47. The molecule has 0 saturated carbocycles. The Labute approximate surface area is 132 Å². The Bertz CT molecular complexity index is 749. The maximum atomic E-state index is 12.3. The molecular formula is C15H15O7P. The highest BCUT2D eigenvalue weighted by atomic mass is 31.2. The summed E-state index contributed by atoms with van der Waals surface area (Å²) in [6, 6.07) is 9.72. The van der Waals surface area contributed by atoms with Crippen LogP contribution in [0, 0.1) is 0 Å². The second-order valence-electron chi connectivity index (χ2n) is 4.85. The van der Waals surface area contributed by atoms with Crippen LogP contribution in [0.1, 0.15) is 22.3 Å². The molecule has 0 aliphatic rings. The largest absolute Gasteiger partial charge is 0.524 e. The molecule has 0 heterocycles. The summed E-state index contributed by atoms with van der Waals surface area (Å²) in [5, 5.41) is 18.7. The second-order valence-corrected chi connectivity index (χ2v) is 6.02. The third-order valence-electron chi connectivity index (χ3n) is 3.06. The second kappa shape index (κ2) is 6.83. The first-order chi connectivity index (χ1) is 10.7. The van der Waals surface area contributed by atoms with Crippen LogP contribution >= 0.6 is 7.82 Å². The lowest BCUT2D eigenvalue weighted by atomic mass is 10.0. The van der Waals surface area contributed by atoms with E-state index < -0.39 is 13.6 Å². The number of carbonyl (C=O) groups is 1. The van der Waals surface area contributed by atoms with Crippen molar-refractivity contribution in [3.63, 3.8) is 0 Å². The minimum absolute atomic E-state index is 0.0474. The van der Waals surface area contributed by atoms with Gasteiger partial charge in [-0.25, -0.2) is 4.57 Å². The van der Waals surface area contributed by atoms with Gasteiger partial charge in [0.15, 0.2) is 5.78 Å². The van der Waals surface area contributed by atoms with Gasteiger partial charge in [0.25, 0.3) is 0 Å². The fourth-order valence-corrected chi connectivity index (χ4v) is 2.41. The van der Waals surface area contributed by atoms with Crippen molar-refractivity contribution in [1.82, 2.24) is 0 Å². The predicted octanol–water partition coefficient (Wildman–Crippen LogP) is 2.38. The summed E-state index contributed by atoms with van der Waals surface area (Å²) in [4.78, 5) is 30.0. The summed E-state index contributed by atoms with van der Waals surface area (Å²) in [5.74, 6) is -0.814. The number of aromatic hydroxyl groups is 2. The van der Waals surface area contributed by atoms with Crippen molar-refractivity contribution in [1.29, 1.82) is 0 Å². The van der Waals surface area contributed by atoms with Crippen molar-refractivity contribution in [2.45, 2.75) is 12.8 Å². The molecule has 23 heavy (non-hydrogen) atoms. The van der Waals surface area contributed by atoms with Crippen molar-refractivity contribution in [3.8, 4) is 17.2 Å². The summed E-state index contributed by atoms with van der Waals surface area (Å²) < 4.78 is 15.4. The average molecular weight is 338 g/mol. The Morgan fingerprint density at radius 3 is 2.22 bits per heavy atom. The smallest absolute Gasteiger partial charge is 0.508 e. The first-order valence-electron chi connectivity index (χ1n) is 6.64. The number of phenols is 2. The number of hydrogen-bond acceptors (Lipinski definition) is 5. The van der Waals surface area contributed by atoms with Crippen molar-refractivity contribution < 1.29 is 33.9 Å². The van der Waals surface area contributed by atoms with Gasteiger partial charge < -0.3 is 14.7 Å². The highest BCUT2D eigenvalue weighted by Gasteiger charge is 2.21. The molecule has 0 saturated heterocycles. The molecule has 0 bridgehead atoms. The Morgan fingerprint density at radius 2 is 1.61 bits per heavy atom. The fraction of sp³-hybridized carbons (Fsp3) is 0.133. The Morgan fingerprint density at radius 1 is 1.00 bits per heavy atom. The van der Waals surface area contributed by atoms with Gasteiger partial charge in [-0.3, -0.25) is 14.6 Å². The van der Waals surface area contributed by atoms with Gasteiger partial charge >= 0.3 is 7.82 Å². The number of benzene rings is 2. The number of aryl methyl sites for hydroxylation is 1. The van der Waals surface area contributed by atoms with E-state index >= 15 is 0 Å². The van der Waals surface area contributed by atoms with Gasteiger partial charge in [-0.15, -0.1) is 0 Å². The molecule has 0 aliphatic carbocycles. The number of phosphoric acid groups is 1. The summed E-state index contributed by atoms with van der Waals surface area (Å²) in [6.07, 6.45) is 0.413. The van der Waals surface area contributed by atoms with Gasteiger partial charge in [-0.2, -0.15) is 0 Å². The molecule has 0 unspecified atom stereocenters. The van der Waals surface area contributed by atoms with E-state index in [-0.39, 0.29) is 29.2 Å². The quantitative estimate of drug-likeness (QED) is 0.471. The van der Waals surface area contributed by atoms with E-state index in [1.807, 2.05) is 0 Å². The molecule has 0 atom stereocenters. The minimum Gasteiger partial charge on any atom is -0.508 e. The molecule has 0 aliphatic heterocycles. The monoisotopic (exact) mass is 338 g/mol. The highest BCUT2D eigenvalue weighted by Crippen LogP contribution is 2.40. The zero-order valence-electron chi connectivity index (χ0n) is 11.9. The van der Waals surface area contributed by atoms with Crippen molar-refractivity contribution in [2.75, 3.05) is 0 Å². The molecule has 7 nitrogen and oxygen atoms in total. The van der Waals surface area contributed by atoms with Crippen LogP contribution in [0.25, 0.3) is 0 Å². The topological polar surface area (TPSA) is 124 Å². The molecular weight excluding hydrogens is 323 g/mol. The third-order valence-corrected chi connectivity index (χ3v) is 3.49. The van der Waals surface area contributed by atoms with Gasteiger partial charge in [0, 0.05) is 6.42 Å². The first kappa shape index (κ1) is 17.0. The Balaban J connectivity index is 2.16. The van der Waals surface area contributed by atoms with E-state index in [9.17, 15) is 19.6 Å². The van der Waals surface area contributed by atoms with Gasteiger partial charge in [0.1, 0.15) is 17.2 Å². The normalized spacial score (nSPS) is 11.2. The van der Waals surface area contributed by atoms with Gasteiger partial charge in [-0.05, 0) is 42.3 Å². The number of rotatable bonds is 6. The zero-order chi connectivity index (χ0) is 17.0. The predicted molar refractivity (Wildman–Crippen MR) is 81.5 cm³/mol. The maximum absolute atomic E-state index is 12.3. The van der Waals surface area contributed by atoms with Crippen LogP contribution in [0.2, 0.25) is 0 Å². The van der Waals surface area contributed by atoms with Crippen LogP contribution in [0.3, 0.4) is 0 Å². The van der Waals surface area contributed by atoms with Crippen molar-refractivity contribution >= 4 is 13.6 Å². The van der Waals surface area contributed by atoms with E-state index in [1.165, 1.54) is 18.2 Å². The van der Waals surface area contributed by atoms with Crippen LogP contribution < -0.4 is 4.52 Å². The number of carbonyl (C=O) groups excluding carboxylic acids is 1. The zero-order valence-corrected chi connectivity index (χ0v) is 12.8. The molecule has 0 aromatic heterocycles. The van der Waals surface area contributed by atoms with Crippen molar-refractivity contribution in [2.24, 2.45) is 0 Å². The van der Waals surface area contributed by atoms with Crippen LogP contribution in [-0.4, -0.2) is 25.8 Å². The number of hydrogen-bond donors (Lipinski definition) is 4. The number of phenolic OH excluding ortho intramolecular Hbond substituents is 2. The fourth-order valence-electron chi connectivity index (χ4n) is 2.00. The molecule has 0 amide bonds. The number of phosphoric ester groups is 1. The lowest BCUT2D eigenvalue weighted by Gasteiger charge is -2.11. The van der Waals surface area contributed by atoms with E-state index in [4.69, 9.17) is 9.79 Å². The summed E-state index contributed by atoms with van der Waals surface area (Å²) in [7, 11) is -4.81. The Kier molecular flexibility index (Phi) is 5.05. The van der Waals surface area contributed by atoms with E-state index in [0.29, 0.717) is 6.42 Å². The molecule has 0 radical (unpaired) electrons. The van der Waals surface area contributed by atoms with Crippen LogP contribution in [0.4, 0.5) is 0 Å². The minimum atomic E-state index is -4.81. The Hall–Kier alpha value is -2.34. The van der Waals surface area contributed by atoms with E-state index in [0.717, 1.165) is 17.7 Å². The standard InChI is InChI=1S/C15H15O7P/c16-11-4-1-10(2-5-11)3-7-14(18)13-9-12(17)6-8-15(13)22-23(19,20)21/h1-2,4-6,8-9,16-17H,3,7H2,(H2,19,20,21). The van der Waals surface area contributed by atoms with Crippen molar-refractivity contribution in [3.05, 3.63) is 53.6 Å². The van der Waals surface area contributed by atoms with Gasteiger partial charge in [-0.1, -0.05) is 12.1 Å². The molecule has 122 valence electrons. The van der Waals surface area contributed by atoms with Crippen LogP contribution in [0.5, 0.6) is 17.2 Å². The summed E-state index contributed by atoms with van der Waals surface area (Å²) in [6.45, 7) is 0. The molecule has 0 spiro atoms. The summed E-state index contributed by atoms with van der Waals surface area (Å²) >= 11 is 0. The van der Waals surface area contributed by atoms with E-state index in [2.05, 4.69) is 4.52 Å². The van der Waals surface area contributed by atoms with Crippen LogP contribution in [0.15, 0.2) is 42.5 Å². The number of Topliss-reactive ketones (excluding diaryl/α,β-unsaturated/α-hetero) is 1. The molecule has 2 aromatic rings. The molecule has 8 heteroatoms. The molecule has 2 aromatic carbocycles. The number of ketones is 1. The summed E-state index contributed by atoms with van der Waals surface area (Å²) in [5.41, 5.74) is 0.709. The van der Waals surface area contributed by atoms with Crippen LogP contribution in [-0.2, 0) is 11.0 Å². The highest BCUT2D eigenvalue weighted by molar-refractivity contribution is 7.46. The first-order valence-corrected chi connectivity index (χ1v) is 8.17. The van der Waals surface area contributed by atoms with Gasteiger partial charge in [0.05, 0.1) is 5.56 Å². The SMILES string of the molecule is O=C(CCc1ccc(O)cc1)c1cc(O)ccc1OP(=O)(O)O. The lowest BCUT2D eigenvalue weighted by Crippen LogP contribution is -2.04. The third kappa shape index (κ3) is 5.10. The lowest BCUT2D eigenvalue weighted by molar-refractivity contribution is 0.0980. The van der Waals surface area contributed by atoms with Gasteiger partial charge in [0.2, 0.25) is 0 Å². The maximum Gasteiger partial charge on any atom is 0.524 e.